The summed E-state index contributed by atoms with van der Waals surface area (Å²) in [5.41, 5.74) is 4.52. The molecule has 0 N–H and O–H groups in total. The second-order valence-corrected chi connectivity index (χ2v) is 4.28. The van der Waals surface area contributed by atoms with Gasteiger partial charge in [0.2, 0.25) is 0 Å². The first-order chi connectivity index (χ1) is 8.74. The minimum absolute atomic E-state index is 0.846. The number of nitrogens with zero attached hydrogens (tertiary/aromatic N) is 1. The van der Waals surface area contributed by atoms with Gasteiger partial charge in [0.1, 0.15) is 0 Å². The molecule has 0 amide bonds. The lowest BCUT2D eigenvalue weighted by Gasteiger charge is -2.08. The van der Waals surface area contributed by atoms with Gasteiger partial charge < -0.3 is 0 Å². The lowest BCUT2D eigenvalue weighted by molar-refractivity contribution is 1.10. The lowest BCUT2D eigenvalue weighted by Crippen LogP contribution is -1.95. The Balaban J connectivity index is 2.44. The molecule has 1 aromatic heterocycles. The number of aromatic nitrogens is 1. The average molecular weight is 235 g/mol. The molecular formula is C17H17N. The Morgan fingerprint density at radius 1 is 1.28 bits per heavy atom. The Kier molecular flexibility index (Phi) is 3.73. The zero-order valence-electron chi connectivity index (χ0n) is 10.7. The van der Waals surface area contributed by atoms with Gasteiger partial charge in [0, 0.05) is 11.1 Å². The van der Waals surface area contributed by atoms with E-state index in [0.29, 0.717) is 0 Å². The second-order valence-electron chi connectivity index (χ2n) is 4.28. The van der Waals surface area contributed by atoms with E-state index in [-0.39, 0.29) is 0 Å². The highest BCUT2D eigenvalue weighted by atomic mass is 14.7. The van der Waals surface area contributed by atoms with Gasteiger partial charge in [0.15, 0.2) is 0 Å². The summed E-state index contributed by atoms with van der Waals surface area (Å²) in [6.07, 6.45) is 6.50. The first-order valence-corrected chi connectivity index (χ1v) is 6.04. The Morgan fingerprint density at radius 3 is 2.78 bits per heavy atom. The van der Waals surface area contributed by atoms with Crippen LogP contribution in [0.2, 0.25) is 0 Å². The van der Waals surface area contributed by atoms with Crippen LogP contribution in [-0.2, 0) is 6.42 Å². The van der Waals surface area contributed by atoms with Crippen LogP contribution in [0.5, 0.6) is 0 Å². The molecule has 0 bridgehead atoms. The number of para-hydroxylation sites is 1. The SMILES string of the molecule is C=C/C=C(\C=C)Cc1cc2ccccc2nc1C. The predicted molar refractivity (Wildman–Crippen MR) is 78.7 cm³/mol. The molecule has 1 aromatic carbocycles. The van der Waals surface area contributed by atoms with E-state index in [2.05, 4.69) is 37.2 Å². The van der Waals surface area contributed by atoms with Crippen LogP contribution in [0.25, 0.3) is 10.9 Å². The molecule has 0 aliphatic rings. The van der Waals surface area contributed by atoms with Crippen LogP contribution >= 0.6 is 0 Å². The molecule has 0 radical (unpaired) electrons. The first-order valence-electron chi connectivity index (χ1n) is 6.04. The molecule has 1 heteroatoms. The van der Waals surface area contributed by atoms with Crippen molar-refractivity contribution in [3.8, 4) is 0 Å². The van der Waals surface area contributed by atoms with Crippen LogP contribution in [0.4, 0.5) is 0 Å². The third-order valence-electron chi connectivity index (χ3n) is 3.01. The Hall–Kier alpha value is -2.15. The summed E-state index contributed by atoms with van der Waals surface area (Å²) in [7, 11) is 0. The van der Waals surface area contributed by atoms with Crippen LogP contribution < -0.4 is 0 Å². The summed E-state index contributed by atoms with van der Waals surface area (Å²) in [5, 5.41) is 1.18. The van der Waals surface area contributed by atoms with Gasteiger partial charge in [-0.3, -0.25) is 4.98 Å². The Labute approximate surface area is 108 Å². The zero-order valence-corrected chi connectivity index (χ0v) is 10.7. The number of allylic oxidation sites excluding steroid dienone is 4. The summed E-state index contributed by atoms with van der Waals surface area (Å²) >= 11 is 0. The lowest BCUT2D eigenvalue weighted by atomic mass is 10.0. The zero-order chi connectivity index (χ0) is 13.0. The highest BCUT2D eigenvalue weighted by Gasteiger charge is 2.04. The normalized spacial score (nSPS) is 11.5. The van der Waals surface area contributed by atoms with E-state index < -0.39 is 0 Å². The maximum Gasteiger partial charge on any atom is 0.0705 e. The van der Waals surface area contributed by atoms with Gasteiger partial charge in [-0.2, -0.15) is 0 Å². The molecule has 0 fully saturated rings. The van der Waals surface area contributed by atoms with Crippen molar-refractivity contribution in [1.82, 2.24) is 4.98 Å². The summed E-state index contributed by atoms with van der Waals surface area (Å²) in [6, 6.07) is 10.4. The van der Waals surface area contributed by atoms with E-state index in [1.807, 2.05) is 30.4 Å². The molecule has 18 heavy (non-hydrogen) atoms. The molecule has 2 aromatic rings. The number of rotatable bonds is 4. The number of pyridine rings is 1. The fraction of sp³-hybridized carbons (Fsp3) is 0.118. The van der Waals surface area contributed by atoms with Gasteiger partial charge in [-0.15, -0.1) is 0 Å². The number of hydrogen-bond donors (Lipinski definition) is 0. The standard InChI is InChI=1S/C17H17N/c1-4-8-14(5-2)11-16-12-15-9-6-7-10-17(15)18-13(16)3/h4-10,12H,1-2,11H2,3H3/b14-8+. The van der Waals surface area contributed by atoms with Crippen LogP contribution in [0.15, 0.2) is 67.3 Å². The van der Waals surface area contributed by atoms with Crippen molar-refractivity contribution in [1.29, 1.82) is 0 Å². The molecular weight excluding hydrogens is 218 g/mol. The van der Waals surface area contributed by atoms with E-state index in [4.69, 9.17) is 0 Å². The van der Waals surface area contributed by atoms with Crippen LogP contribution in [0, 0.1) is 6.92 Å². The van der Waals surface area contributed by atoms with Crippen molar-refractivity contribution in [3.05, 3.63) is 78.5 Å². The maximum atomic E-state index is 4.64. The molecule has 0 saturated heterocycles. The van der Waals surface area contributed by atoms with E-state index in [1.165, 1.54) is 10.9 Å². The van der Waals surface area contributed by atoms with Gasteiger partial charge >= 0.3 is 0 Å². The predicted octanol–water partition coefficient (Wildman–Crippen LogP) is 4.38. The molecule has 0 saturated carbocycles. The molecule has 0 aliphatic heterocycles. The van der Waals surface area contributed by atoms with Crippen molar-refractivity contribution < 1.29 is 0 Å². The molecule has 90 valence electrons. The maximum absolute atomic E-state index is 4.64. The summed E-state index contributed by atoms with van der Waals surface area (Å²) in [5.74, 6) is 0. The molecule has 1 heterocycles. The summed E-state index contributed by atoms with van der Waals surface area (Å²) in [6.45, 7) is 9.61. The highest BCUT2D eigenvalue weighted by Crippen LogP contribution is 2.19. The largest absolute Gasteiger partial charge is 0.253 e. The van der Waals surface area contributed by atoms with Crippen molar-refractivity contribution in [2.45, 2.75) is 13.3 Å². The van der Waals surface area contributed by atoms with Crippen molar-refractivity contribution in [2.24, 2.45) is 0 Å². The average Bonchev–Trinajstić information content (AvgIpc) is 2.39. The molecule has 0 aliphatic carbocycles. The highest BCUT2D eigenvalue weighted by molar-refractivity contribution is 5.79. The van der Waals surface area contributed by atoms with Crippen LogP contribution in [-0.4, -0.2) is 4.98 Å². The van der Waals surface area contributed by atoms with E-state index in [9.17, 15) is 0 Å². The number of aryl methyl sites for hydroxylation is 1. The second kappa shape index (κ2) is 5.46. The molecule has 2 rings (SSSR count). The van der Waals surface area contributed by atoms with Crippen molar-refractivity contribution >= 4 is 10.9 Å². The monoisotopic (exact) mass is 235 g/mol. The molecule has 0 unspecified atom stereocenters. The van der Waals surface area contributed by atoms with E-state index in [1.54, 1.807) is 6.08 Å². The van der Waals surface area contributed by atoms with E-state index in [0.717, 1.165) is 23.2 Å². The van der Waals surface area contributed by atoms with Gasteiger partial charge in [-0.05, 0) is 36.6 Å². The summed E-state index contributed by atoms with van der Waals surface area (Å²) in [4.78, 5) is 4.64. The molecule has 0 spiro atoms. The minimum atomic E-state index is 0.846. The number of hydrogen-bond acceptors (Lipinski definition) is 1. The third kappa shape index (κ3) is 2.57. The topological polar surface area (TPSA) is 12.9 Å². The third-order valence-corrected chi connectivity index (χ3v) is 3.01. The van der Waals surface area contributed by atoms with Gasteiger partial charge in [-0.1, -0.05) is 49.6 Å². The summed E-state index contributed by atoms with van der Waals surface area (Å²) < 4.78 is 0. The Morgan fingerprint density at radius 2 is 2.06 bits per heavy atom. The van der Waals surface area contributed by atoms with E-state index >= 15 is 0 Å². The van der Waals surface area contributed by atoms with Crippen molar-refractivity contribution in [3.63, 3.8) is 0 Å². The van der Waals surface area contributed by atoms with Gasteiger partial charge in [0.25, 0.3) is 0 Å². The van der Waals surface area contributed by atoms with Gasteiger partial charge in [-0.25, -0.2) is 0 Å². The Bertz CT molecular complexity index is 621. The van der Waals surface area contributed by atoms with Gasteiger partial charge in [0.05, 0.1) is 5.52 Å². The minimum Gasteiger partial charge on any atom is -0.253 e. The first kappa shape index (κ1) is 12.3. The van der Waals surface area contributed by atoms with Crippen LogP contribution in [0.3, 0.4) is 0 Å². The van der Waals surface area contributed by atoms with Crippen LogP contribution in [0.1, 0.15) is 11.3 Å². The quantitative estimate of drug-likeness (QED) is 0.716. The fourth-order valence-corrected chi connectivity index (χ4v) is 2.01. The molecule has 1 nitrogen and oxygen atoms in total. The van der Waals surface area contributed by atoms with Crippen molar-refractivity contribution in [2.75, 3.05) is 0 Å². The molecule has 0 atom stereocenters. The number of fused-ring (bicyclic) bond motifs is 1. The number of benzene rings is 1. The smallest absolute Gasteiger partial charge is 0.0705 e. The fourth-order valence-electron chi connectivity index (χ4n) is 2.01.